The lowest BCUT2D eigenvalue weighted by atomic mass is 10.0. The predicted molar refractivity (Wildman–Crippen MR) is 141 cm³/mol. The summed E-state index contributed by atoms with van der Waals surface area (Å²) < 4.78 is 11.0. The van der Waals surface area contributed by atoms with E-state index >= 15 is 0 Å². The number of fused-ring (bicyclic) bond motifs is 1. The molecule has 3 fully saturated rings. The highest BCUT2D eigenvalue weighted by molar-refractivity contribution is 7.15. The number of hydrogen-bond acceptors (Lipinski definition) is 7. The fourth-order valence-electron chi connectivity index (χ4n) is 5.36. The SMILES string of the molecule is CC(C)C[C@H](NC(=O)c1ccc(-c2ccc(CN3CCOCC3)s2)cc1)C(=O)N1CC[C@H]2OCC(=O)[C@H]21. The molecule has 4 heterocycles. The lowest BCUT2D eigenvalue weighted by molar-refractivity contribution is -0.138. The van der Waals surface area contributed by atoms with Gasteiger partial charge in [-0.25, -0.2) is 0 Å². The Hall–Kier alpha value is -2.59. The van der Waals surface area contributed by atoms with Crippen molar-refractivity contribution < 1.29 is 23.9 Å². The number of hydrogen-bond donors (Lipinski definition) is 1. The van der Waals surface area contributed by atoms with E-state index in [4.69, 9.17) is 9.47 Å². The molecule has 1 aromatic heterocycles. The number of nitrogens with zero attached hydrogens (tertiary/aromatic N) is 2. The van der Waals surface area contributed by atoms with Crippen molar-refractivity contribution >= 4 is 28.9 Å². The van der Waals surface area contributed by atoms with Crippen LogP contribution in [0.25, 0.3) is 10.4 Å². The first-order valence-electron chi connectivity index (χ1n) is 13.1. The number of carbonyl (C=O) groups excluding carboxylic acids is 3. The van der Waals surface area contributed by atoms with Crippen molar-refractivity contribution in [2.24, 2.45) is 5.92 Å². The van der Waals surface area contributed by atoms with Gasteiger partial charge in [0, 0.05) is 41.5 Å². The molecule has 0 radical (unpaired) electrons. The number of likely N-dealkylation sites (tertiary alicyclic amines) is 1. The van der Waals surface area contributed by atoms with Crippen LogP contribution in [-0.2, 0) is 25.6 Å². The third kappa shape index (κ3) is 5.95. The monoisotopic (exact) mass is 525 g/mol. The minimum absolute atomic E-state index is 0.0530. The molecule has 198 valence electrons. The van der Waals surface area contributed by atoms with Gasteiger partial charge in [-0.05, 0) is 48.6 Å². The van der Waals surface area contributed by atoms with Crippen LogP contribution in [0.15, 0.2) is 36.4 Å². The Kier molecular flexibility index (Phi) is 8.04. The number of thiophene rings is 1. The summed E-state index contributed by atoms with van der Waals surface area (Å²) in [5.74, 6) is -0.329. The highest BCUT2D eigenvalue weighted by atomic mass is 32.1. The molecule has 3 saturated heterocycles. The molecular weight excluding hydrogens is 490 g/mol. The molecule has 3 atom stereocenters. The van der Waals surface area contributed by atoms with Crippen LogP contribution in [0, 0.1) is 5.92 Å². The van der Waals surface area contributed by atoms with E-state index in [1.165, 1.54) is 4.88 Å². The van der Waals surface area contributed by atoms with Gasteiger partial charge >= 0.3 is 0 Å². The number of rotatable bonds is 8. The molecule has 0 bridgehead atoms. The maximum atomic E-state index is 13.4. The number of Topliss-reactive ketones (excluding diaryl/α,β-unsaturated/α-hetero) is 1. The van der Waals surface area contributed by atoms with Crippen LogP contribution < -0.4 is 5.32 Å². The Morgan fingerprint density at radius 2 is 1.84 bits per heavy atom. The summed E-state index contributed by atoms with van der Waals surface area (Å²) in [6.07, 6.45) is 0.946. The zero-order chi connectivity index (χ0) is 25.9. The Bertz CT molecular complexity index is 1130. The maximum Gasteiger partial charge on any atom is 0.251 e. The van der Waals surface area contributed by atoms with E-state index in [2.05, 4.69) is 22.3 Å². The molecule has 2 aromatic rings. The second-order valence-electron chi connectivity index (χ2n) is 10.5. The lowest BCUT2D eigenvalue weighted by Crippen LogP contribution is -2.52. The molecule has 2 amide bonds. The minimum Gasteiger partial charge on any atom is -0.379 e. The van der Waals surface area contributed by atoms with E-state index in [1.54, 1.807) is 16.2 Å². The quantitative estimate of drug-likeness (QED) is 0.570. The number of amides is 2. The summed E-state index contributed by atoms with van der Waals surface area (Å²) >= 11 is 1.77. The number of ketones is 1. The Morgan fingerprint density at radius 3 is 2.57 bits per heavy atom. The van der Waals surface area contributed by atoms with Crippen molar-refractivity contribution in [2.45, 2.75) is 51.4 Å². The molecule has 8 nitrogen and oxygen atoms in total. The highest BCUT2D eigenvalue weighted by Crippen LogP contribution is 2.30. The fraction of sp³-hybridized carbons (Fsp3) is 0.536. The third-order valence-electron chi connectivity index (χ3n) is 7.28. The first-order chi connectivity index (χ1) is 17.9. The van der Waals surface area contributed by atoms with Crippen molar-refractivity contribution in [3.8, 4) is 10.4 Å². The van der Waals surface area contributed by atoms with Crippen LogP contribution >= 0.6 is 11.3 Å². The van der Waals surface area contributed by atoms with Gasteiger partial charge in [0.1, 0.15) is 18.7 Å². The Balaban J connectivity index is 1.23. The van der Waals surface area contributed by atoms with E-state index in [-0.39, 0.29) is 36.2 Å². The van der Waals surface area contributed by atoms with E-state index in [0.29, 0.717) is 24.9 Å². The van der Waals surface area contributed by atoms with E-state index in [0.717, 1.165) is 43.3 Å². The first-order valence-corrected chi connectivity index (χ1v) is 14.0. The zero-order valence-corrected chi connectivity index (χ0v) is 22.3. The standard InChI is InChI=1S/C28H35N3O5S/c1-18(2)15-22(28(34)31-10-9-24-26(31)23(32)17-36-24)29-27(33)20-5-3-19(4-6-20)25-8-7-21(37-25)16-30-11-13-35-14-12-30/h3-8,18,22,24,26H,9-17H2,1-2H3,(H,29,33)/t22-,24+,26+/m0/s1. The van der Waals surface area contributed by atoms with Crippen LogP contribution in [-0.4, -0.2) is 85.0 Å². The average Bonchev–Trinajstić information content (AvgIpc) is 3.62. The molecule has 0 aliphatic carbocycles. The zero-order valence-electron chi connectivity index (χ0n) is 21.5. The Morgan fingerprint density at radius 1 is 1.08 bits per heavy atom. The number of benzene rings is 1. The lowest BCUT2D eigenvalue weighted by Gasteiger charge is -2.28. The summed E-state index contributed by atoms with van der Waals surface area (Å²) in [4.78, 5) is 45.3. The number of nitrogens with one attached hydrogen (secondary N) is 1. The van der Waals surface area contributed by atoms with Crippen molar-refractivity contribution in [1.82, 2.24) is 15.1 Å². The van der Waals surface area contributed by atoms with Gasteiger partial charge in [-0.2, -0.15) is 0 Å². The highest BCUT2D eigenvalue weighted by Gasteiger charge is 2.48. The minimum atomic E-state index is -0.681. The molecular formula is C28H35N3O5S. The van der Waals surface area contributed by atoms with Crippen LogP contribution in [0.4, 0.5) is 0 Å². The van der Waals surface area contributed by atoms with E-state index < -0.39 is 12.1 Å². The Labute approximate surface area is 221 Å². The topological polar surface area (TPSA) is 88.2 Å². The molecule has 0 unspecified atom stereocenters. The summed E-state index contributed by atoms with van der Waals surface area (Å²) in [6, 6.07) is 10.6. The van der Waals surface area contributed by atoms with Crippen molar-refractivity contribution in [2.75, 3.05) is 39.5 Å². The summed E-state index contributed by atoms with van der Waals surface area (Å²) in [5.41, 5.74) is 1.57. The molecule has 3 aliphatic heterocycles. The van der Waals surface area contributed by atoms with Crippen molar-refractivity contribution in [1.29, 1.82) is 0 Å². The molecule has 5 rings (SSSR count). The molecule has 3 aliphatic rings. The fourth-order valence-corrected chi connectivity index (χ4v) is 6.42. The normalized spacial score (nSPS) is 22.9. The maximum absolute atomic E-state index is 13.4. The van der Waals surface area contributed by atoms with Gasteiger partial charge in [0.05, 0.1) is 19.3 Å². The second kappa shape index (κ2) is 11.4. The molecule has 1 N–H and O–H groups in total. The second-order valence-corrected chi connectivity index (χ2v) is 11.6. The molecule has 37 heavy (non-hydrogen) atoms. The van der Waals surface area contributed by atoms with E-state index in [9.17, 15) is 14.4 Å². The summed E-state index contributed by atoms with van der Waals surface area (Å²) in [7, 11) is 0. The number of ether oxygens (including phenoxy) is 2. The molecule has 9 heteroatoms. The van der Waals surface area contributed by atoms with Gasteiger partial charge in [0.15, 0.2) is 5.78 Å². The third-order valence-corrected chi connectivity index (χ3v) is 8.40. The molecule has 1 aromatic carbocycles. The van der Waals surface area contributed by atoms with Crippen LogP contribution in [0.2, 0.25) is 0 Å². The van der Waals surface area contributed by atoms with Gasteiger partial charge in [-0.1, -0.05) is 26.0 Å². The summed E-state index contributed by atoms with van der Waals surface area (Å²) in [6.45, 7) is 9.00. The molecule has 0 spiro atoms. The molecule has 0 saturated carbocycles. The van der Waals surface area contributed by atoms with E-state index in [1.807, 2.05) is 38.1 Å². The van der Waals surface area contributed by atoms with Crippen molar-refractivity contribution in [3.05, 3.63) is 46.8 Å². The summed E-state index contributed by atoms with van der Waals surface area (Å²) in [5, 5.41) is 2.95. The number of carbonyl (C=O) groups is 3. The average molecular weight is 526 g/mol. The van der Waals surface area contributed by atoms with Gasteiger partial charge in [-0.15, -0.1) is 11.3 Å². The predicted octanol–water partition coefficient (Wildman–Crippen LogP) is 2.96. The van der Waals surface area contributed by atoms with Gasteiger partial charge in [0.2, 0.25) is 5.91 Å². The van der Waals surface area contributed by atoms with Gasteiger partial charge in [-0.3, -0.25) is 19.3 Å². The van der Waals surface area contributed by atoms with Crippen LogP contribution in [0.3, 0.4) is 0 Å². The smallest absolute Gasteiger partial charge is 0.251 e. The van der Waals surface area contributed by atoms with Gasteiger partial charge < -0.3 is 19.7 Å². The first kappa shape index (κ1) is 26.0. The van der Waals surface area contributed by atoms with Crippen molar-refractivity contribution in [3.63, 3.8) is 0 Å². The van der Waals surface area contributed by atoms with Crippen LogP contribution in [0.1, 0.15) is 41.9 Å². The van der Waals surface area contributed by atoms with Gasteiger partial charge in [0.25, 0.3) is 5.91 Å². The number of morpholine rings is 1. The van der Waals surface area contributed by atoms with Crippen LogP contribution in [0.5, 0.6) is 0 Å². The largest absolute Gasteiger partial charge is 0.379 e.